The molecule has 7 heteroatoms. The Kier molecular flexibility index (Phi) is 4.93. The van der Waals surface area contributed by atoms with E-state index in [1.54, 1.807) is 18.2 Å². The van der Waals surface area contributed by atoms with E-state index >= 15 is 0 Å². The summed E-state index contributed by atoms with van der Waals surface area (Å²) in [5, 5.41) is 4.30. The molecule has 0 radical (unpaired) electrons. The second-order valence-electron chi connectivity index (χ2n) is 2.83. The number of nitrogens with one attached hydrogen (secondary N) is 1. The van der Waals surface area contributed by atoms with E-state index in [4.69, 9.17) is 23.2 Å². The molecule has 0 unspecified atom stereocenters. The minimum Gasteiger partial charge on any atom is -0.462 e. The fraction of sp³-hybridized carbons (Fsp3) is 0.100. The predicted molar refractivity (Wildman–Crippen MR) is 64.2 cm³/mol. The van der Waals surface area contributed by atoms with Gasteiger partial charge >= 0.3 is 11.9 Å². The lowest BCUT2D eigenvalue weighted by Gasteiger charge is -2.00. The number of halogens is 2. The Bertz CT molecular complexity index is 454. The van der Waals surface area contributed by atoms with Gasteiger partial charge in [0.2, 0.25) is 0 Å². The van der Waals surface area contributed by atoms with Crippen LogP contribution in [0.3, 0.4) is 0 Å². The summed E-state index contributed by atoms with van der Waals surface area (Å²) in [6.07, 6.45) is 1.24. The molecule has 0 fully saturated rings. The summed E-state index contributed by atoms with van der Waals surface area (Å²) < 4.78 is 4.19. The van der Waals surface area contributed by atoms with Crippen LogP contribution in [-0.4, -0.2) is 25.2 Å². The van der Waals surface area contributed by atoms with Crippen LogP contribution in [0, 0.1) is 0 Å². The van der Waals surface area contributed by atoms with Crippen molar-refractivity contribution in [3.05, 3.63) is 33.8 Å². The molecule has 17 heavy (non-hydrogen) atoms. The molecular weight excluding hydrogens is 267 g/mol. The van der Waals surface area contributed by atoms with Gasteiger partial charge in [0.05, 0.1) is 23.4 Å². The number of benzene rings is 1. The zero-order valence-electron chi connectivity index (χ0n) is 8.74. The van der Waals surface area contributed by atoms with E-state index in [0.717, 1.165) is 7.11 Å². The van der Waals surface area contributed by atoms with Gasteiger partial charge in [0.15, 0.2) is 0 Å². The number of ether oxygens (including phenoxy) is 1. The Labute approximate surface area is 107 Å². The first kappa shape index (κ1) is 13.5. The lowest BCUT2D eigenvalue weighted by Crippen LogP contribution is -2.27. The fourth-order valence-corrected chi connectivity index (χ4v) is 1.42. The highest BCUT2D eigenvalue weighted by Crippen LogP contribution is 2.21. The van der Waals surface area contributed by atoms with Gasteiger partial charge < -0.3 is 4.74 Å². The van der Waals surface area contributed by atoms with Gasteiger partial charge in [-0.3, -0.25) is 4.79 Å². The third-order valence-corrected chi connectivity index (χ3v) is 2.39. The number of carbonyl (C=O) groups is 2. The van der Waals surface area contributed by atoms with Crippen molar-refractivity contribution in [2.75, 3.05) is 7.11 Å². The van der Waals surface area contributed by atoms with Crippen molar-refractivity contribution in [3.63, 3.8) is 0 Å². The van der Waals surface area contributed by atoms with Crippen LogP contribution in [-0.2, 0) is 14.3 Å². The number of hydrogen-bond acceptors (Lipinski definition) is 4. The van der Waals surface area contributed by atoms with E-state index < -0.39 is 11.9 Å². The molecule has 0 heterocycles. The minimum absolute atomic E-state index is 0.383. The summed E-state index contributed by atoms with van der Waals surface area (Å²) >= 11 is 11.7. The number of esters is 1. The third kappa shape index (κ3) is 3.72. The molecule has 0 aliphatic carbocycles. The molecule has 1 aromatic rings. The number of hydrazone groups is 1. The Balaban J connectivity index is 2.72. The Morgan fingerprint density at radius 1 is 1.35 bits per heavy atom. The smallest absolute Gasteiger partial charge is 0.398 e. The SMILES string of the molecule is COC(=O)C(=O)NN=Cc1c(Cl)cccc1Cl. The highest BCUT2D eigenvalue weighted by molar-refractivity contribution is 6.38. The van der Waals surface area contributed by atoms with Gasteiger partial charge in [-0.1, -0.05) is 29.3 Å². The van der Waals surface area contributed by atoms with Gasteiger partial charge in [0.25, 0.3) is 0 Å². The van der Waals surface area contributed by atoms with E-state index in [1.165, 1.54) is 6.21 Å². The topological polar surface area (TPSA) is 67.8 Å². The molecule has 0 aliphatic rings. The highest BCUT2D eigenvalue weighted by atomic mass is 35.5. The second kappa shape index (κ2) is 6.22. The summed E-state index contributed by atoms with van der Waals surface area (Å²) in [4.78, 5) is 21.7. The van der Waals surface area contributed by atoms with Crippen LogP contribution in [0.5, 0.6) is 0 Å². The predicted octanol–water partition coefficient (Wildman–Crippen LogP) is 1.62. The van der Waals surface area contributed by atoms with Gasteiger partial charge in [0, 0.05) is 5.56 Å². The maximum Gasteiger partial charge on any atom is 0.398 e. The maximum atomic E-state index is 11.0. The van der Waals surface area contributed by atoms with Gasteiger partial charge in [-0.15, -0.1) is 0 Å². The van der Waals surface area contributed by atoms with Crippen LogP contribution in [0.2, 0.25) is 10.0 Å². The van der Waals surface area contributed by atoms with E-state index in [0.29, 0.717) is 15.6 Å². The van der Waals surface area contributed by atoms with E-state index in [9.17, 15) is 9.59 Å². The molecule has 1 aromatic carbocycles. The van der Waals surface area contributed by atoms with Crippen molar-refractivity contribution in [2.45, 2.75) is 0 Å². The Morgan fingerprint density at radius 3 is 2.47 bits per heavy atom. The summed E-state index contributed by atoms with van der Waals surface area (Å²) in [7, 11) is 1.09. The molecule has 0 bridgehead atoms. The monoisotopic (exact) mass is 274 g/mol. The number of rotatable bonds is 2. The number of amides is 1. The lowest BCUT2D eigenvalue weighted by molar-refractivity contribution is -0.152. The van der Waals surface area contributed by atoms with Gasteiger partial charge in [-0.05, 0) is 12.1 Å². The zero-order valence-corrected chi connectivity index (χ0v) is 10.2. The van der Waals surface area contributed by atoms with Crippen molar-refractivity contribution >= 4 is 41.3 Å². The molecule has 1 rings (SSSR count). The molecule has 90 valence electrons. The van der Waals surface area contributed by atoms with E-state index in [1.807, 2.05) is 5.43 Å². The van der Waals surface area contributed by atoms with Gasteiger partial charge in [-0.25, -0.2) is 10.2 Å². The van der Waals surface area contributed by atoms with Crippen LogP contribution in [0.25, 0.3) is 0 Å². The van der Waals surface area contributed by atoms with Crippen LogP contribution < -0.4 is 5.43 Å². The molecule has 1 amide bonds. The van der Waals surface area contributed by atoms with Crippen LogP contribution in [0.15, 0.2) is 23.3 Å². The fourth-order valence-electron chi connectivity index (χ4n) is 0.928. The van der Waals surface area contributed by atoms with E-state index in [2.05, 4.69) is 9.84 Å². The highest BCUT2D eigenvalue weighted by Gasteiger charge is 2.11. The normalized spacial score (nSPS) is 10.3. The van der Waals surface area contributed by atoms with Crippen LogP contribution in [0.1, 0.15) is 5.56 Å². The minimum atomic E-state index is -1.03. The van der Waals surface area contributed by atoms with Crippen LogP contribution >= 0.6 is 23.2 Å². The Morgan fingerprint density at radius 2 is 1.94 bits per heavy atom. The van der Waals surface area contributed by atoms with Crippen molar-refractivity contribution in [1.29, 1.82) is 0 Å². The van der Waals surface area contributed by atoms with Crippen molar-refractivity contribution < 1.29 is 14.3 Å². The third-order valence-electron chi connectivity index (χ3n) is 1.73. The summed E-state index contributed by atoms with van der Waals surface area (Å²) in [5.41, 5.74) is 2.42. The molecule has 0 atom stereocenters. The molecule has 0 aliphatic heterocycles. The molecule has 5 nitrogen and oxygen atoms in total. The Hall–Kier alpha value is -1.59. The average molecular weight is 275 g/mol. The van der Waals surface area contributed by atoms with Crippen LogP contribution in [0.4, 0.5) is 0 Å². The standard InChI is InChI=1S/C10H8Cl2N2O3/c1-17-10(16)9(15)14-13-5-6-7(11)3-2-4-8(6)12/h2-5H,1H3,(H,14,15). The first-order valence-corrected chi connectivity index (χ1v) is 5.17. The summed E-state index contributed by atoms with van der Waals surface area (Å²) in [6, 6.07) is 4.92. The quantitative estimate of drug-likeness (QED) is 0.386. The van der Waals surface area contributed by atoms with E-state index in [-0.39, 0.29) is 0 Å². The average Bonchev–Trinajstić information content (AvgIpc) is 2.31. The molecule has 0 aromatic heterocycles. The number of nitrogens with zero attached hydrogens (tertiary/aromatic N) is 1. The van der Waals surface area contributed by atoms with Crippen molar-refractivity contribution in [1.82, 2.24) is 5.43 Å². The molecule has 0 saturated heterocycles. The first-order valence-electron chi connectivity index (χ1n) is 4.41. The zero-order chi connectivity index (χ0) is 12.8. The second-order valence-corrected chi connectivity index (χ2v) is 3.64. The number of carbonyl (C=O) groups excluding carboxylic acids is 2. The van der Waals surface area contributed by atoms with Crippen molar-refractivity contribution in [2.24, 2.45) is 5.10 Å². The van der Waals surface area contributed by atoms with Crippen molar-refractivity contribution in [3.8, 4) is 0 Å². The molecule has 1 N–H and O–H groups in total. The lowest BCUT2D eigenvalue weighted by atomic mass is 10.2. The largest absolute Gasteiger partial charge is 0.462 e. The molecule has 0 saturated carbocycles. The first-order chi connectivity index (χ1) is 8.06. The molecular formula is C10H8Cl2N2O3. The van der Waals surface area contributed by atoms with Gasteiger partial charge in [0.1, 0.15) is 0 Å². The molecule has 0 spiro atoms. The summed E-state index contributed by atoms with van der Waals surface area (Å²) in [5.74, 6) is -2.01. The number of hydrogen-bond donors (Lipinski definition) is 1. The summed E-state index contributed by atoms with van der Waals surface area (Å²) in [6.45, 7) is 0. The maximum absolute atomic E-state index is 11.0. The number of methoxy groups -OCH3 is 1. The van der Waals surface area contributed by atoms with Gasteiger partial charge in [-0.2, -0.15) is 5.10 Å².